The fraction of sp³-hybridized carbons (Fsp3) is 0.182. The number of thioether (sulfide) groups is 1. The Morgan fingerprint density at radius 1 is 1.32 bits per heavy atom. The first kappa shape index (κ1) is 14.9. The molecule has 0 atom stereocenters. The molecule has 1 aromatic rings. The van der Waals surface area contributed by atoms with Crippen molar-refractivity contribution in [2.45, 2.75) is 17.3 Å². The number of nitrogens with one attached hydrogen (secondary N) is 1. The van der Waals surface area contributed by atoms with E-state index in [1.807, 2.05) is 0 Å². The second-order valence-corrected chi connectivity index (χ2v) is 4.45. The number of aryl methyl sites for hydroxylation is 1. The molecule has 98 valence electrons. The van der Waals surface area contributed by atoms with Gasteiger partial charge in [-0.05, 0) is 36.4 Å². The van der Waals surface area contributed by atoms with Crippen molar-refractivity contribution in [2.75, 3.05) is 5.43 Å². The van der Waals surface area contributed by atoms with Gasteiger partial charge in [-0.3, -0.25) is 5.43 Å². The van der Waals surface area contributed by atoms with Crippen LogP contribution in [0, 0.1) is 29.6 Å². The van der Waals surface area contributed by atoms with Gasteiger partial charge in [0.25, 0.3) is 0 Å². The van der Waals surface area contributed by atoms with E-state index >= 15 is 0 Å². The maximum atomic E-state index is 12.3. The lowest BCUT2D eigenvalue weighted by atomic mass is 10.2. The van der Waals surface area contributed by atoms with Crippen molar-refractivity contribution in [3.05, 3.63) is 23.8 Å². The molecule has 0 spiro atoms. The van der Waals surface area contributed by atoms with Crippen LogP contribution in [-0.2, 0) is 0 Å². The van der Waals surface area contributed by atoms with Gasteiger partial charge >= 0.3 is 5.51 Å². The zero-order valence-corrected chi connectivity index (χ0v) is 10.4. The minimum absolute atomic E-state index is 0.0860. The Morgan fingerprint density at radius 3 is 2.47 bits per heavy atom. The van der Waals surface area contributed by atoms with Gasteiger partial charge in [-0.1, -0.05) is 6.07 Å². The van der Waals surface area contributed by atoms with Crippen LogP contribution in [0.3, 0.4) is 0 Å². The molecule has 1 rings (SSSR count). The predicted octanol–water partition coefficient (Wildman–Crippen LogP) is 3.42. The summed E-state index contributed by atoms with van der Waals surface area (Å²) in [5.41, 5.74) is -1.79. The van der Waals surface area contributed by atoms with Gasteiger partial charge in [-0.15, -0.1) is 0 Å². The van der Waals surface area contributed by atoms with Crippen LogP contribution in [0.5, 0.6) is 0 Å². The molecule has 0 radical (unpaired) electrons. The number of anilines is 1. The SMILES string of the molecule is Cc1ccc(SC(F)(F)F)c(NN=C(C#N)C#N)c1. The summed E-state index contributed by atoms with van der Waals surface area (Å²) in [5, 5.41) is 20.4. The maximum Gasteiger partial charge on any atom is 0.446 e. The maximum absolute atomic E-state index is 12.3. The van der Waals surface area contributed by atoms with Gasteiger partial charge < -0.3 is 0 Å². The minimum atomic E-state index is -4.43. The average molecular weight is 284 g/mol. The summed E-state index contributed by atoms with van der Waals surface area (Å²) in [6, 6.07) is 7.27. The van der Waals surface area contributed by atoms with Crippen LogP contribution >= 0.6 is 11.8 Å². The number of hydrogen-bond donors (Lipinski definition) is 1. The molecule has 0 saturated carbocycles. The van der Waals surface area contributed by atoms with Crippen LogP contribution in [0.1, 0.15) is 5.56 Å². The van der Waals surface area contributed by atoms with E-state index in [1.54, 1.807) is 6.92 Å². The summed E-state index contributed by atoms with van der Waals surface area (Å²) in [7, 11) is 0. The Morgan fingerprint density at radius 2 is 1.95 bits per heavy atom. The van der Waals surface area contributed by atoms with Gasteiger partial charge in [-0.25, -0.2) is 0 Å². The molecule has 0 aromatic heterocycles. The summed E-state index contributed by atoms with van der Waals surface area (Å²) in [6.45, 7) is 1.70. The highest BCUT2D eigenvalue weighted by Crippen LogP contribution is 2.40. The molecule has 4 nitrogen and oxygen atoms in total. The Kier molecular flexibility index (Phi) is 4.79. The summed E-state index contributed by atoms with van der Waals surface area (Å²) < 4.78 is 37.0. The van der Waals surface area contributed by atoms with Crippen molar-refractivity contribution >= 4 is 23.2 Å². The average Bonchev–Trinajstić information content (AvgIpc) is 2.32. The Hall–Kier alpha value is -2.19. The Labute approximate surface area is 111 Å². The molecule has 1 aromatic carbocycles. The van der Waals surface area contributed by atoms with E-state index in [9.17, 15) is 13.2 Å². The van der Waals surface area contributed by atoms with Crippen LogP contribution in [0.4, 0.5) is 18.9 Å². The minimum Gasteiger partial charge on any atom is -0.275 e. The van der Waals surface area contributed by atoms with Crippen molar-refractivity contribution in [3.8, 4) is 12.1 Å². The number of benzene rings is 1. The summed E-state index contributed by atoms with van der Waals surface area (Å²) in [6.07, 6.45) is 0. The monoisotopic (exact) mass is 284 g/mol. The molecule has 19 heavy (non-hydrogen) atoms. The number of rotatable bonds is 3. The lowest BCUT2D eigenvalue weighted by Gasteiger charge is -2.11. The molecule has 0 amide bonds. The largest absolute Gasteiger partial charge is 0.446 e. The molecule has 0 heterocycles. The third kappa shape index (κ3) is 4.90. The Balaban J connectivity index is 3.06. The highest BCUT2D eigenvalue weighted by atomic mass is 32.2. The van der Waals surface area contributed by atoms with Gasteiger partial charge in [0.1, 0.15) is 12.1 Å². The highest BCUT2D eigenvalue weighted by molar-refractivity contribution is 8.00. The number of halogens is 3. The zero-order valence-electron chi connectivity index (χ0n) is 9.62. The number of alkyl halides is 3. The van der Waals surface area contributed by atoms with E-state index in [0.29, 0.717) is 0 Å². The quantitative estimate of drug-likeness (QED) is 0.524. The smallest absolute Gasteiger partial charge is 0.275 e. The van der Waals surface area contributed by atoms with Gasteiger partial charge in [0.15, 0.2) is 0 Å². The van der Waals surface area contributed by atoms with Crippen LogP contribution in [0.15, 0.2) is 28.2 Å². The molecule has 0 unspecified atom stereocenters. The number of hydrazone groups is 1. The topological polar surface area (TPSA) is 72.0 Å². The zero-order chi connectivity index (χ0) is 14.5. The van der Waals surface area contributed by atoms with Crippen LogP contribution in [-0.4, -0.2) is 11.2 Å². The van der Waals surface area contributed by atoms with Crippen molar-refractivity contribution in [1.82, 2.24) is 0 Å². The lowest BCUT2D eigenvalue weighted by molar-refractivity contribution is -0.0327. The van der Waals surface area contributed by atoms with E-state index in [1.165, 1.54) is 30.3 Å². The second kappa shape index (κ2) is 6.12. The van der Waals surface area contributed by atoms with Gasteiger partial charge in [0.2, 0.25) is 5.71 Å². The number of nitrogens with zero attached hydrogens (tertiary/aromatic N) is 3. The third-order valence-corrected chi connectivity index (χ3v) is 2.67. The lowest BCUT2D eigenvalue weighted by Crippen LogP contribution is -2.02. The standard InChI is InChI=1S/C11H7F3N4S/c1-7-2-3-10(19-11(12,13)14)9(4-7)18-17-8(5-15)6-16/h2-4,18H,1H3. The molecular weight excluding hydrogens is 277 g/mol. The fourth-order valence-electron chi connectivity index (χ4n) is 1.14. The first-order valence-corrected chi connectivity index (χ1v) is 5.67. The van der Waals surface area contributed by atoms with E-state index < -0.39 is 11.2 Å². The van der Waals surface area contributed by atoms with Crippen LogP contribution in [0.25, 0.3) is 0 Å². The fourth-order valence-corrected chi connectivity index (χ4v) is 1.74. The van der Waals surface area contributed by atoms with Crippen LogP contribution < -0.4 is 5.43 Å². The molecule has 0 fully saturated rings. The molecule has 0 aliphatic heterocycles. The summed E-state index contributed by atoms with van der Waals surface area (Å²) in [5.74, 6) is 0. The normalized spacial score (nSPS) is 10.2. The van der Waals surface area contributed by atoms with Crippen molar-refractivity contribution in [1.29, 1.82) is 10.5 Å². The number of nitriles is 2. The summed E-state index contributed by atoms with van der Waals surface area (Å²) >= 11 is -0.295. The van der Waals surface area contributed by atoms with E-state index in [2.05, 4.69) is 10.5 Å². The molecule has 0 saturated heterocycles. The molecule has 0 aliphatic carbocycles. The Bertz CT molecular complexity index is 565. The highest BCUT2D eigenvalue weighted by Gasteiger charge is 2.30. The molecular formula is C11H7F3N4S. The van der Waals surface area contributed by atoms with E-state index in [4.69, 9.17) is 10.5 Å². The first-order chi connectivity index (χ1) is 8.85. The van der Waals surface area contributed by atoms with E-state index in [0.717, 1.165) is 5.56 Å². The summed E-state index contributed by atoms with van der Waals surface area (Å²) in [4.78, 5) is -0.0860. The van der Waals surface area contributed by atoms with Gasteiger partial charge in [-0.2, -0.15) is 28.8 Å². The number of hydrogen-bond acceptors (Lipinski definition) is 5. The van der Waals surface area contributed by atoms with Gasteiger partial charge in [0.05, 0.1) is 5.69 Å². The third-order valence-electron chi connectivity index (χ3n) is 1.86. The van der Waals surface area contributed by atoms with Crippen LogP contribution in [0.2, 0.25) is 0 Å². The predicted molar refractivity (Wildman–Crippen MR) is 65.4 cm³/mol. The first-order valence-electron chi connectivity index (χ1n) is 4.86. The second-order valence-electron chi connectivity index (χ2n) is 3.34. The molecule has 0 aliphatic rings. The molecule has 0 bridgehead atoms. The van der Waals surface area contributed by atoms with Crippen molar-refractivity contribution < 1.29 is 13.2 Å². The molecule has 8 heteroatoms. The van der Waals surface area contributed by atoms with Crippen molar-refractivity contribution in [3.63, 3.8) is 0 Å². The van der Waals surface area contributed by atoms with Crippen molar-refractivity contribution in [2.24, 2.45) is 5.10 Å². The molecule has 1 N–H and O–H groups in total. The van der Waals surface area contributed by atoms with E-state index in [-0.39, 0.29) is 22.3 Å². The van der Waals surface area contributed by atoms with Gasteiger partial charge in [0, 0.05) is 4.90 Å².